The van der Waals surface area contributed by atoms with Crippen LogP contribution in [0.15, 0.2) is 30.5 Å². The van der Waals surface area contributed by atoms with Crippen LogP contribution in [0.3, 0.4) is 0 Å². The van der Waals surface area contributed by atoms with Crippen LogP contribution in [-0.4, -0.2) is 42.7 Å². The lowest BCUT2D eigenvalue weighted by Crippen LogP contribution is -2.19. The first kappa shape index (κ1) is 20.8. The molecule has 9 heteroatoms. The number of nitrogens with two attached hydrogens (primary N) is 2. The van der Waals surface area contributed by atoms with Gasteiger partial charge in [-0.15, -0.1) is 0 Å². The second-order valence-electron chi connectivity index (χ2n) is 4.10. The third kappa shape index (κ3) is 5.54. The van der Waals surface area contributed by atoms with E-state index < -0.39 is 12.0 Å². The molecule has 0 fully saturated rings. The third-order valence-electron chi connectivity index (χ3n) is 2.71. The van der Waals surface area contributed by atoms with Crippen molar-refractivity contribution in [3.63, 3.8) is 0 Å². The summed E-state index contributed by atoms with van der Waals surface area (Å²) in [4.78, 5) is 30.2. The van der Waals surface area contributed by atoms with E-state index in [0.29, 0.717) is 16.9 Å². The predicted octanol–water partition coefficient (Wildman–Crippen LogP) is 0.848. The van der Waals surface area contributed by atoms with Crippen LogP contribution >= 0.6 is 0 Å². The number of hydrogen-bond donors (Lipinski definition) is 3. The van der Waals surface area contributed by atoms with Crippen molar-refractivity contribution >= 4 is 24.5 Å². The fraction of sp³-hybridized carbons (Fsp3) is 0.200. The summed E-state index contributed by atoms with van der Waals surface area (Å²) in [5.41, 5.74) is 12.0. The highest BCUT2D eigenvalue weighted by Gasteiger charge is 2.09. The summed E-state index contributed by atoms with van der Waals surface area (Å²) in [5, 5.41) is 6.74. The number of aryl methyl sites for hydroxylation is 1. The zero-order valence-electron chi connectivity index (χ0n) is 13.8. The maximum Gasteiger partial charge on any atom is 0.337 e. The normalized spacial score (nSPS) is 8.83. The van der Waals surface area contributed by atoms with Gasteiger partial charge in [0.15, 0.2) is 0 Å². The Bertz CT molecular complexity index is 667. The Balaban J connectivity index is 0.00000123. The molecule has 24 heavy (non-hydrogen) atoms. The molecule has 0 unspecified atom stereocenters. The van der Waals surface area contributed by atoms with Gasteiger partial charge in [-0.25, -0.2) is 14.3 Å². The van der Waals surface area contributed by atoms with E-state index >= 15 is 0 Å². The molecule has 0 aliphatic carbocycles. The summed E-state index contributed by atoms with van der Waals surface area (Å²) in [7, 11) is 2.83. The van der Waals surface area contributed by atoms with Crippen molar-refractivity contribution in [2.24, 2.45) is 11.5 Å². The number of nitrogens with one attached hydrogen (secondary N) is 1. The molecule has 1 aromatic carbocycles. The average Bonchev–Trinajstić information content (AvgIpc) is 2.98. The molecule has 0 atom stereocenters. The number of carbonyl (C=O) groups is 3. The fourth-order valence-corrected chi connectivity index (χ4v) is 1.72. The predicted molar refractivity (Wildman–Crippen MR) is 90.1 cm³/mol. The number of amides is 2. The second-order valence-corrected chi connectivity index (χ2v) is 4.10. The highest BCUT2D eigenvalue weighted by atomic mass is 16.5. The van der Waals surface area contributed by atoms with Gasteiger partial charge in [0.05, 0.1) is 35.9 Å². The molecule has 130 valence electrons. The highest BCUT2D eigenvalue weighted by molar-refractivity contribution is 5.89. The molecule has 1 heterocycles. The van der Waals surface area contributed by atoms with Gasteiger partial charge < -0.3 is 26.3 Å². The molecule has 0 radical (unpaired) electrons. The van der Waals surface area contributed by atoms with E-state index in [1.54, 1.807) is 42.1 Å². The fourth-order valence-electron chi connectivity index (χ4n) is 1.72. The highest BCUT2D eigenvalue weighted by Crippen LogP contribution is 2.17. The van der Waals surface area contributed by atoms with Crippen molar-refractivity contribution in [1.82, 2.24) is 9.78 Å². The summed E-state index contributed by atoms with van der Waals surface area (Å²) >= 11 is 0. The molecule has 2 aromatic rings. The first-order valence-electron chi connectivity index (χ1n) is 6.69. The Hall–Kier alpha value is -3.20. The van der Waals surface area contributed by atoms with E-state index in [1.165, 1.54) is 14.2 Å². The van der Waals surface area contributed by atoms with Crippen LogP contribution < -0.4 is 16.8 Å². The molecular weight excluding hydrogens is 314 g/mol. The van der Waals surface area contributed by atoms with Gasteiger partial charge in [0, 0.05) is 0 Å². The van der Waals surface area contributed by atoms with E-state index in [-0.39, 0.29) is 0 Å². The summed E-state index contributed by atoms with van der Waals surface area (Å²) in [6.07, 6.45) is 1.65. The van der Waals surface area contributed by atoms with Crippen LogP contribution in [0, 0.1) is 6.92 Å². The van der Waals surface area contributed by atoms with Crippen LogP contribution in [-0.2, 0) is 9.53 Å². The summed E-state index contributed by atoms with van der Waals surface area (Å²) in [5.74, 6) is -0.399. The number of ether oxygens (including phenoxy) is 1. The minimum atomic E-state index is -0.645. The number of methoxy groups -OCH3 is 1. The smallest absolute Gasteiger partial charge is 0.337 e. The largest absolute Gasteiger partial charge is 0.465 e. The number of hydrogen-bond acceptors (Lipinski definition) is 6. The van der Waals surface area contributed by atoms with Crippen LogP contribution in [0.1, 0.15) is 16.1 Å². The van der Waals surface area contributed by atoms with Crippen LogP contribution in [0.25, 0.3) is 5.69 Å². The molecule has 2 amide bonds. The number of esters is 1. The number of primary amides is 1. The van der Waals surface area contributed by atoms with Crippen molar-refractivity contribution in [1.29, 1.82) is 0 Å². The topological polar surface area (TPSA) is 142 Å². The van der Waals surface area contributed by atoms with Crippen LogP contribution in [0.2, 0.25) is 0 Å². The molecule has 0 saturated heterocycles. The van der Waals surface area contributed by atoms with Gasteiger partial charge in [0.25, 0.3) is 0 Å². The molecule has 9 nitrogen and oxygen atoms in total. The Morgan fingerprint density at radius 2 is 1.75 bits per heavy atom. The summed E-state index contributed by atoms with van der Waals surface area (Å²) < 4.78 is 6.21. The Kier molecular flexibility index (Phi) is 9.11. The Morgan fingerprint density at radius 1 is 1.21 bits per heavy atom. The first-order chi connectivity index (χ1) is 11.5. The number of benzene rings is 1. The number of nitrogens with zero attached hydrogens (tertiary/aromatic N) is 2. The third-order valence-corrected chi connectivity index (χ3v) is 2.71. The zero-order valence-corrected chi connectivity index (χ0v) is 13.8. The molecule has 5 N–H and O–H groups in total. The molecule has 0 saturated carbocycles. The average molecular weight is 335 g/mol. The quantitative estimate of drug-likeness (QED) is 0.710. The molecular formula is C15H21N5O4. The molecule has 0 aliphatic rings. The van der Waals surface area contributed by atoms with Gasteiger partial charge in [-0.2, -0.15) is 5.10 Å². The van der Waals surface area contributed by atoms with Gasteiger partial charge in [-0.05, 0) is 38.2 Å². The molecule has 0 spiro atoms. The van der Waals surface area contributed by atoms with Crippen LogP contribution in [0.4, 0.5) is 10.5 Å². The first-order valence-corrected chi connectivity index (χ1v) is 6.69. The van der Waals surface area contributed by atoms with E-state index in [1.807, 2.05) is 6.79 Å². The van der Waals surface area contributed by atoms with E-state index in [9.17, 15) is 9.59 Å². The maximum absolute atomic E-state index is 11.3. The number of urea groups is 1. The minimum Gasteiger partial charge on any atom is -0.465 e. The van der Waals surface area contributed by atoms with Gasteiger partial charge in [0.1, 0.15) is 6.79 Å². The molecule has 0 aliphatic heterocycles. The van der Waals surface area contributed by atoms with Gasteiger partial charge in [-0.1, -0.05) is 0 Å². The summed E-state index contributed by atoms with van der Waals surface area (Å²) in [6.45, 7) is 3.75. The molecule has 1 aromatic heterocycles. The number of aromatic nitrogens is 2. The lowest BCUT2D eigenvalue weighted by atomic mass is 10.2. The maximum atomic E-state index is 11.3. The van der Waals surface area contributed by atoms with Crippen molar-refractivity contribution < 1.29 is 19.1 Å². The monoisotopic (exact) mass is 335 g/mol. The van der Waals surface area contributed by atoms with E-state index in [4.69, 9.17) is 10.5 Å². The van der Waals surface area contributed by atoms with Crippen molar-refractivity contribution in [3.05, 3.63) is 41.7 Å². The number of anilines is 1. The van der Waals surface area contributed by atoms with Crippen molar-refractivity contribution in [3.8, 4) is 5.69 Å². The molecule has 2 rings (SSSR count). The number of carbonyl (C=O) groups excluding carboxylic acids is 3. The lowest BCUT2D eigenvalue weighted by Gasteiger charge is -2.03. The second kappa shape index (κ2) is 10.5. The standard InChI is InChI=1S/C13H14N4O3.CH5N.CH2O/c1-8-11(15-13(14)19)7-17(16-8)10-5-3-9(4-6-10)12(18)20-2;2*1-2/h3-7H,1-2H3,(H3,14,15,19);2H2,1H3;1H2. The lowest BCUT2D eigenvalue weighted by molar-refractivity contribution is -0.0980. The minimum absolute atomic E-state index is 0.399. The molecule has 0 bridgehead atoms. The zero-order chi connectivity index (χ0) is 18.7. The van der Waals surface area contributed by atoms with Crippen molar-refractivity contribution in [2.75, 3.05) is 19.5 Å². The van der Waals surface area contributed by atoms with E-state index in [2.05, 4.69) is 20.9 Å². The van der Waals surface area contributed by atoms with Crippen molar-refractivity contribution in [2.45, 2.75) is 6.92 Å². The Morgan fingerprint density at radius 3 is 2.21 bits per heavy atom. The Labute approximate surface area is 139 Å². The summed E-state index contributed by atoms with van der Waals surface area (Å²) in [6, 6.07) is 6.09. The van der Waals surface area contributed by atoms with Gasteiger partial charge in [-0.3, -0.25) is 0 Å². The SMILES string of the molecule is C=O.CN.COC(=O)c1ccc(-n2cc(NC(N)=O)c(C)n2)cc1. The van der Waals surface area contributed by atoms with Gasteiger partial charge in [0.2, 0.25) is 0 Å². The number of rotatable bonds is 3. The van der Waals surface area contributed by atoms with Gasteiger partial charge >= 0.3 is 12.0 Å². The van der Waals surface area contributed by atoms with E-state index in [0.717, 1.165) is 5.69 Å². The van der Waals surface area contributed by atoms with Crippen LogP contribution in [0.5, 0.6) is 0 Å².